The van der Waals surface area contributed by atoms with Crippen LogP contribution in [0.5, 0.6) is 0 Å². The molecule has 0 atom stereocenters. The third-order valence-electron chi connectivity index (χ3n) is 3.03. The van der Waals surface area contributed by atoms with E-state index >= 15 is 0 Å². The largest absolute Gasteiger partial charge is 0.274 e. The Morgan fingerprint density at radius 1 is 0.810 bits per heavy atom. The summed E-state index contributed by atoms with van der Waals surface area (Å²) >= 11 is 4.75. The van der Waals surface area contributed by atoms with Gasteiger partial charge in [-0.3, -0.25) is 4.18 Å². The average Bonchev–Trinajstić information content (AvgIpc) is 2.56. The van der Waals surface area contributed by atoms with Crippen LogP contribution in [0.3, 0.4) is 0 Å². The van der Waals surface area contributed by atoms with Crippen molar-refractivity contribution in [1.82, 2.24) is 0 Å². The predicted octanol–water partition coefficient (Wildman–Crippen LogP) is 4.87. The molecule has 0 saturated carbocycles. The standard InChI is InChI=1S/C18H15OS2/c20-16-13-11-15(12-14-16)19-21(17-7-3-1-4-8-17)18-9-5-2-6-10-18/h1-13H,14H2/q+1. The summed E-state index contributed by atoms with van der Waals surface area (Å²) < 4.78 is 6.25. The molecule has 0 spiro atoms. The number of benzene rings is 2. The molecule has 3 heteroatoms. The highest BCUT2D eigenvalue weighted by atomic mass is 32.2. The van der Waals surface area contributed by atoms with Gasteiger partial charge >= 0.3 is 0 Å². The van der Waals surface area contributed by atoms with Crippen molar-refractivity contribution in [3.8, 4) is 0 Å². The van der Waals surface area contributed by atoms with Crippen LogP contribution in [0.25, 0.3) is 0 Å². The Kier molecular flexibility index (Phi) is 4.53. The Morgan fingerprint density at radius 3 is 1.86 bits per heavy atom. The van der Waals surface area contributed by atoms with Crippen LogP contribution in [-0.2, 0) is 15.4 Å². The van der Waals surface area contributed by atoms with Crippen molar-refractivity contribution >= 4 is 28.3 Å². The Labute approximate surface area is 133 Å². The van der Waals surface area contributed by atoms with Gasteiger partial charge in [0, 0.05) is 11.3 Å². The number of allylic oxidation sites excluding steroid dienone is 3. The minimum Gasteiger partial charge on any atom is -0.274 e. The van der Waals surface area contributed by atoms with E-state index < -0.39 is 11.2 Å². The second kappa shape index (κ2) is 6.74. The van der Waals surface area contributed by atoms with Crippen molar-refractivity contribution in [3.63, 3.8) is 0 Å². The van der Waals surface area contributed by atoms with Gasteiger partial charge in [0.2, 0.25) is 9.79 Å². The normalized spacial score (nSPS) is 14.1. The van der Waals surface area contributed by atoms with Crippen LogP contribution in [-0.4, -0.2) is 4.86 Å². The molecule has 0 aromatic heterocycles. The summed E-state index contributed by atoms with van der Waals surface area (Å²) in [5.74, 6) is 0.889. The fraction of sp³-hybridized carbons (Fsp3) is 0.0556. The summed E-state index contributed by atoms with van der Waals surface area (Å²) in [5.41, 5.74) is 0. The Bertz CT molecular complexity index is 635. The zero-order valence-corrected chi connectivity index (χ0v) is 13.1. The molecule has 0 amide bonds. The molecule has 0 fully saturated rings. The SMILES string of the molecule is S=C1C=CC(O[S+](c2ccccc2)c2ccccc2)=CC1. The number of hydrogen-bond donors (Lipinski definition) is 0. The maximum Gasteiger partial charge on any atom is 0.273 e. The molecule has 3 rings (SSSR count). The highest BCUT2D eigenvalue weighted by molar-refractivity contribution is 7.92. The number of hydrogen-bond acceptors (Lipinski definition) is 2. The Morgan fingerprint density at radius 2 is 1.38 bits per heavy atom. The lowest BCUT2D eigenvalue weighted by atomic mass is 10.2. The van der Waals surface area contributed by atoms with Gasteiger partial charge in [0.15, 0.2) is 5.76 Å². The van der Waals surface area contributed by atoms with E-state index in [2.05, 4.69) is 24.3 Å². The van der Waals surface area contributed by atoms with E-state index in [1.807, 2.05) is 54.6 Å². The van der Waals surface area contributed by atoms with Gasteiger partial charge < -0.3 is 0 Å². The summed E-state index contributed by atoms with van der Waals surface area (Å²) in [6, 6.07) is 20.6. The van der Waals surface area contributed by atoms with Crippen LogP contribution >= 0.6 is 12.2 Å². The number of rotatable bonds is 4. The van der Waals surface area contributed by atoms with Crippen molar-refractivity contribution < 1.29 is 4.18 Å². The van der Waals surface area contributed by atoms with Crippen molar-refractivity contribution in [2.75, 3.05) is 0 Å². The van der Waals surface area contributed by atoms with Gasteiger partial charge in [-0.2, -0.15) is 0 Å². The molecule has 0 N–H and O–H groups in total. The molecule has 0 heterocycles. The highest BCUT2D eigenvalue weighted by Gasteiger charge is 2.30. The van der Waals surface area contributed by atoms with Gasteiger partial charge in [-0.05, 0) is 42.5 Å². The van der Waals surface area contributed by atoms with Gasteiger partial charge in [0.1, 0.15) is 0 Å². The lowest BCUT2D eigenvalue weighted by Crippen LogP contribution is -2.09. The molecule has 0 aliphatic heterocycles. The molecule has 21 heavy (non-hydrogen) atoms. The molecule has 2 aromatic rings. The second-order valence-electron chi connectivity index (χ2n) is 4.59. The van der Waals surface area contributed by atoms with Crippen LogP contribution in [0.4, 0.5) is 0 Å². The summed E-state index contributed by atoms with van der Waals surface area (Å²) in [6.07, 6.45) is 6.73. The van der Waals surface area contributed by atoms with Crippen molar-refractivity contribution in [2.45, 2.75) is 16.2 Å². The van der Waals surface area contributed by atoms with Gasteiger partial charge in [-0.1, -0.05) is 48.6 Å². The van der Waals surface area contributed by atoms with Crippen LogP contribution < -0.4 is 0 Å². The zero-order valence-electron chi connectivity index (χ0n) is 11.4. The van der Waals surface area contributed by atoms with Crippen LogP contribution in [0.2, 0.25) is 0 Å². The summed E-state index contributed by atoms with van der Waals surface area (Å²) in [7, 11) is 0. The van der Waals surface area contributed by atoms with Crippen LogP contribution in [0.1, 0.15) is 6.42 Å². The maximum absolute atomic E-state index is 6.25. The van der Waals surface area contributed by atoms with E-state index in [9.17, 15) is 0 Å². The van der Waals surface area contributed by atoms with Crippen molar-refractivity contribution in [2.24, 2.45) is 0 Å². The molecular weight excluding hydrogens is 296 g/mol. The first kappa shape index (κ1) is 14.1. The first-order valence-corrected chi connectivity index (χ1v) is 8.32. The first-order chi connectivity index (χ1) is 10.3. The monoisotopic (exact) mass is 311 g/mol. The van der Waals surface area contributed by atoms with Crippen molar-refractivity contribution in [3.05, 3.63) is 84.7 Å². The molecule has 1 aliphatic carbocycles. The quantitative estimate of drug-likeness (QED) is 0.588. The van der Waals surface area contributed by atoms with Crippen molar-refractivity contribution in [1.29, 1.82) is 0 Å². The molecule has 2 aromatic carbocycles. The lowest BCUT2D eigenvalue weighted by molar-refractivity contribution is 0.500. The number of thiocarbonyl (C=S) groups is 1. The molecule has 0 radical (unpaired) electrons. The third-order valence-corrected chi connectivity index (χ3v) is 5.09. The van der Waals surface area contributed by atoms with E-state index in [4.69, 9.17) is 16.4 Å². The molecule has 104 valence electrons. The van der Waals surface area contributed by atoms with E-state index in [0.29, 0.717) is 0 Å². The summed E-state index contributed by atoms with van der Waals surface area (Å²) in [6.45, 7) is 0. The minimum absolute atomic E-state index is 0.423. The smallest absolute Gasteiger partial charge is 0.273 e. The molecule has 1 nitrogen and oxygen atoms in total. The molecule has 1 aliphatic rings. The van der Waals surface area contributed by atoms with Gasteiger partial charge in [-0.15, -0.1) is 0 Å². The maximum atomic E-state index is 6.25. The van der Waals surface area contributed by atoms with E-state index in [0.717, 1.165) is 17.0 Å². The van der Waals surface area contributed by atoms with E-state index in [-0.39, 0.29) is 0 Å². The van der Waals surface area contributed by atoms with Gasteiger partial charge in [0.25, 0.3) is 11.2 Å². The van der Waals surface area contributed by atoms with Crippen LogP contribution in [0, 0.1) is 0 Å². The van der Waals surface area contributed by atoms with Gasteiger partial charge in [-0.25, -0.2) is 0 Å². The molecular formula is C18H15OS2+. The first-order valence-electron chi connectivity index (χ1n) is 6.77. The third kappa shape index (κ3) is 3.63. The molecule has 0 bridgehead atoms. The lowest BCUT2D eigenvalue weighted by Gasteiger charge is -2.10. The molecule has 0 saturated heterocycles. The van der Waals surface area contributed by atoms with E-state index in [1.165, 1.54) is 9.79 Å². The zero-order chi connectivity index (χ0) is 14.5. The second-order valence-corrected chi connectivity index (χ2v) is 6.76. The molecule has 0 unspecified atom stereocenters. The Hall–Kier alpha value is -1.84. The minimum atomic E-state index is -0.423. The fourth-order valence-electron chi connectivity index (χ4n) is 1.99. The van der Waals surface area contributed by atoms with Gasteiger partial charge in [0.05, 0.1) is 0 Å². The summed E-state index contributed by atoms with van der Waals surface area (Å²) in [4.78, 5) is 3.29. The Balaban J connectivity index is 1.90. The summed E-state index contributed by atoms with van der Waals surface area (Å²) in [5, 5.41) is 0. The topological polar surface area (TPSA) is 9.23 Å². The average molecular weight is 311 g/mol. The predicted molar refractivity (Wildman–Crippen MR) is 92.3 cm³/mol. The van der Waals surface area contributed by atoms with Crippen LogP contribution in [0.15, 0.2) is 94.4 Å². The van der Waals surface area contributed by atoms with E-state index in [1.54, 1.807) is 0 Å². The fourth-order valence-corrected chi connectivity index (χ4v) is 3.73. The highest BCUT2D eigenvalue weighted by Crippen LogP contribution is 2.28.